The molecule has 0 spiro atoms. The summed E-state index contributed by atoms with van der Waals surface area (Å²) in [5, 5.41) is 8.21. The van der Waals surface area contributed by atoms with E-state index in [0.717, 1.165) is 11.1 Å². The van der Waals surface area contributed by atoms with E-state index in [9.17, 15) is 14.4 Å². The van der Waals surface area contributed by atoms with Crippen molar-refractivity contribution in [2.24, 2.45) is 0 Å². The van der Waals surface area contributed by atoms with E-state index in [1.807, 2.05) is 73.7 Å². The Morgan fingerprint density at radius 2 is 1.52 bits per heavy atom. The van der Waals surface area contributed by atoms with Gasteiger partial charge in [-0.1, -0.05) is 60.7 Å². The van der Waals surface area contributed by atoms with Crippen LogP contribution in [0.15, 0.2) is 84.9 Å². The maximum absolute atomic E-state index is 12.6. The normalized spacial score (nSPS) is 11.2. The molecule has 0 heterocycles. The van der Waals surface area contributed by atoms with E-state index in [4.69, 9.17) is 0 Å². The minimum absolute atomic E-state index is 0.119. The zero-order valence-corrected chi connectivity index (χ0v) is 18.7. The number of anilines is 1. The Labute approximate surface area is 193 Å². The lowest BCUT2D eigenvalue weighted by Gasteiger charge is -2.26. The smallest absolute Gasteiger partial charge is 0.315 e. The summed E-state index contributed by atoms with van der Waals surface area (Å²) < 4.78 is 0. The van der Waals surface area contributed by atoms with E-state index < -0.39 is 6.03 Å². The molecule has 0 fully saturated rings. The molecule has 0 unspecified atom stereocenters. The molecule has 7 nitrogen and oxygen atoms in total. The number of carbonyl (C=O) groups excluding carboxylic acids is 3. The summed E-state index contributed by atoms with van der Waals surface area (Å²) in [6.45, 7) is 2.16. The maximum atomic E-state index is 12.6. The molecule has 0 radical (unpaired) electrons. The van der Waals surface area contributed by atoms with Crippen molar-refractivity contribution >= 4 is 23.5 Å². The van der Waals surface area contributed by atoms with Gasteiger partial charge in [-0.25, -0.2) is 4.79 Å². The molecule has 3 aromatic rings. The molecule has 0 bridgehead atoms. The molecule has 4 amide bonds. The Kier molecular flexibility index (Phi) is 8.18. The lowest BCUT2D eigenvalue weighted by molar-refractivity contribution is -0.130. The van der Waals surface area contributed by atoms with Crippen molar-refractivity contribution in [2.75, 3.05) is 18.9 Å². The number of likely N-dealkylation sites (N-methyl/N-ethyl adjacent to an activating group) is 1. The Morgan fingerprint density at radius 1 is 0.848 bits per heavy atom. The van der Waals surface area contributed by atoms with Gasteiger partial charge in [0.05, 0.1) is 12.6 Å². The molecule has 3 aromatic carbocycles. The molecule has 1 atom stereocenters. The van der Waals surface area contributed by atoms with Gasteiger partial charge in [0.15, 0.2) is 0 Å². The lowest BCUT2D eigenvalue weighted by Crippen LogP contribution is -2.43. The fraction of sp³-hybridized carbons (Fsp3) is 0.192. The van der Waals surface area contributed by atoms with Crippen molar-refractivity contribution in [3.63, 3.8) is 0 Å². The molecule has 33 heavy (non-hydrogen) atoms. The van der Waals surface area contributed by atoms with Crippen LogP contribution in [0.1, 0.15) is 34.5 Å². The first-order valence-electron chi connectivity index (χ1n) is 10.7. The van der Waals surface area contributed by atoms with Crippen LogP contribution >= 0.6 is 0 Å². The van der Waals surface area contributed by atoms with E-state index >= 15 is 0 Å². The molecule has 0 saturated heterocycles. The Hall–Kier alpha value is -4.13. The maximum Gasteiger partial charge on any atom is 0.315 e. The summed E-state index contributed by atoms with van der Waals surface area (Å²) in [4.78, 5) is 38.6. The van der Waals surface area contributed by atoms with Crippen LogP contribution in [0.25, 0.3) is 0 Å². The van der Waals surface area contributed by atoms with Gasteiger partial charge in [0, 0.05) is 24.8 Å². The second-order valence-electron chi connectivity index (χ2n) is 7.65. The molecule has 0 aliphatic heterocycles. The molecule has 0 aliphatic rings. The number of carbonyl (C=O) groups is 3. The quantitative estimate of drug-likeness (QED) is 0.491. The Bertz CT molecular complexity index is 1090. The number of nitrogens with zero attached hydrogens (tertiary/aromatic N) is 1. The fourth-order valence-corrected chi connectivity index (χ4v) is 3.23. The standard InChI is InChI=1S/C26H28N4O3/c1-19(22-14-9-15-23(16-22)29-25(32)21-12-7-4-8-13-21)30(2)24(31)18-28-26(33)27-17-20-10-5-3-6-11-20/h3-16,19H,17-18H2,1-2H3,(H,29,32)(H2,27,28,33)/t19-/m0/s1. The average Bonchev–Trinajstić information content (AvgIpc) is 2.86. The SMILES string of the molecule is C[C@@H](c1cccc(NC(=O)c2ccccc2)c1)N(C)C(=O)CNC(=O)NCc1ccccc1. The van der Waals surface area contributed by atoms with E-state index in [1.165, 1.54) is 0 Å². The van der Waals surface area contributed by atoms with Crippen LogP contribution in [0, 0.1) is 0 Å². The van der Waals surface area contributed by atoms with Gasteiger partial charge < -0.3 is 20.9 Å². The highest BCUT2D eigenvalue weighted by Crippen LogP contribution is 2.22. The first-order valence-corrected chi connectivity index (χ1v) is 10.7. The summed E-state index contributed by atoms with van der Waals surface area (Å²) >= 11 is 0. The average molecular weight is 445 g/mol. The molecule has 0 aromatic heterocycles. The number of rotatable bonds is 8. The van der Waals surface area contributed by atoms with E-state index in [0.29, 0.717) is 17.8 Å². The second kappa shape index (κ2) is 11.5. The predicted octanol–water partition coefficient (Wildman–Crippen LogP) is 3.96. The minimum atomic E-state index is -0.404. The summed E-state index contributed by atoms with van der Waals surface area (Å²) in [6, 6.07) is 25.2. The van der Waals surface area contributed by atoms with Crippen molar-refractivity contribution in [1.29, 1.82) is 0 Å². The molecular formula is C26H28N4O3. The number of nitrogens with one attached hydrogen (secondary N) is 3. The molecule has 3 N–H and O–H groups in total. The summed E-state index contributed by atoms with van der Waals surface area (Å²) in [6.07, 6.45) is 0. The van der Waals surface area contributed by atoms with Crippen molar-refractivity contribution in [3.05, 3.63) is 102 Å². The van der Waals surface area contributed by atoms with Crippen LogP contribution in [-0.4, -0.2) is 36.3 Å². The Balaban J connectivity index is 1.51. The summed E-state index contributed by atoms with van der Waals surface area (Å²) in [7, 11) is 1.69. The van der Waals surface area contributed by atoms with Gasteiger partial charge in [-0.05, 0) is 42.3 Å². The molecule has 0 saturated carbocycles. The van der Waals surface area contributed by atoms with Gasteiger partial charge in [0.2, 0.25) is 5.91 Å². The van der Waals surface area contributed by atoms with Crippen LogP contribution in [0.4, 0.5) is 10.5 Å². The third-order valence-corrected chi connectivity index (χ3v) is 5.33. The van der Waals surface area contributed by atoms with E-state index in [-0.39, 0.29) is 24.4 Å². The molecule has 0 aliphatic carbocycles. The Morgan fingerprint density at radius 3 is 2.21 bits per heavy atom. The largest absolute Gasteiger partial charge is 0.337 e. The summed E-state index contributed by atoms with van der Waals surface area (Å²) in [5.74, 6) is -0.424. The molecule has 7 heteroatoms. The van der Waals surface area contributed by atoms with Crippen molar-refractivity contribution in [1.82, 2.24) is 15.5 Å². The van der Waals surface area contributed by atoms with Gasteiger partial charge in [0.25, 0.3) is 5.91 Å². The van der Waals surface area contributed by atoms with Gasteiger partial charge in [0.1, 0.15) is 0 Å². The van der Waals surface area contributed by atoms with E-state index in [2.05, 4.69) is 16.0 Å². The van der Waals surface area contributed by atoms with Crippen LogP contribution in [-0.2, 0) is 11.3 Å². The van der Waals surface area contributed by atoms with Crippen LogP contribution in [0.5, 0.6) is 0 Å². The van der Waals surface area contributed by atoms with Gasteiger partial charge in [-0.3, -0.25) is 9.59 Å². The topological polar surface area (TPSA) is 90.5 Å². The van der Waals surface area contributed by atoms with Crippen molar-refractivity contribution in [3.8, 4) is 0 Å². The highest BCUT2D eigenvalue weighted by molar-refractivity contribution is 6.04. The molecular weight excluding hydrogens is 416 g/mol. The van der Waals surface area contributed by atoms with Gasteiger partial charge >= 0.3 is 6.03 Å². The third-order valence-electron chi connectivity index (χ3n) is 5.33. The molecule has 3 rings (SSSR count). The first kappa shape index (κ1) is 23.5. The zero-order valence-electron chi connectivity index (χ0n) is 18.7. The predicted molar refractivity (Wildman–Crippen MR) is 129 cm³/mol. The monoisotopic (exact) mass is 444 g/mol. The highest BCUT2D eigenvalue weighted by atomic mass is 16.2. The van der Waals surface area contributed by atoms with Crippen molar-refractivity contribution in [2.45, 2.75) is 19.5 Å². The lowest BCUT2D eigenvalue weighted by atomic mass is 10.1. The number of hydrogen-bond acceptors (Lipinski definition) is 3. The fourth-order valence-electron chi connectivity index (χ4n) is 3.23. The number of benzene rings is 3. The second-order valence-corrected chi connectivity index (χ2v) is 7.65. The van der Waals surface area contributed by atoms with Gasteiger partial charge in [-0.2, -0.15) is 0 Å². The third kappa shape index (κ3) is 6.93. The zero-order chi connectivity index (χ0) is 23.6. The van der Waals surface area contributed by atoms with Crippen LogP contribution < -0.4 is 16.0 Å². The number of amides is 4. The van der Waals surface area contributed by atoms with E-state index in [1.54, 1.807) is 30.1 Å². The summed E-state index contributed by atoms with van der Waals surface area (Å²) in [5.41, 5.74) is 3.06. The van der Waals surface area contributed by atoms with Crippen LogP contribution in [0.2, 0.25) is 0 Å². The van der Waals surface area contributed by atoms with Gasteiger partial charge in [-0.15, -0.1) is 0 Å². The van der Waals surface area contributed by atoms with Crippen molar-refractivity contribution < 1.29 is 14.4 Å². The first-order chi connectivity index (χ1) is 15.9. The number of hydrogen-bond donors (Lipinski definition) is 3. The minimum Gasteiger partial charge on any atom is -0.337 e. The highest BCUT2D eigenvalue weighted by Gasteiger charge is 2.18. The molecule has 170 valence electrons. The van der Waals surface area contributed by atoms with Crippen LogP contribution in [0.3, 0.4) is 0 Å². The number of urea groups is 1.